The Hall–Kier alpha value is -0.840. The van der Waals surface area contributed by atoms with Crippen LogP contribution in [0.3, 0.4) is 0 Å². The van der Waals surface area contributed by atoms with E-state index in [4.69, 9.17) is 5.14 Å². The van der Waals surface area contributed by atoms with Crippen molar-refractivity contribution in [2.24, 2.45) is 5.14 Å². The number of sulfonamides is 1. The molecule has 1 amide bonds. The van der Waals surface area contributed by atoms with Crippen LogP contribution in [0.1, 0.15) is 17.3 Å². The first-order chi connectivity index (χ1) is 9.52. The van der Waals surface area contributed by atoms with Crippen molar-refractivity contribution in [1.29, 1.82) is 0 Å². The van der Waals surface area contributed by atoms with Gasteiger partial charge in [-0.15, -0.1) is 0 Å². The second kappa shape index (κ2) is 6.95. The molecule has 2 unspecified atom stereocenters. The van der Waals surface area contributed by atoms with E-state index in [1.54, 1.807) is 6.92 Å². The van der Waals surface area contributed by atoms with Crippen LogP contribution in [0.25, 0.3) is 0 Å². The summed E-state index contributed by atoms with van der Waals surface area (Å²) in [4.78, 5) is 11.5. The van der Waals surface area contributed by atoms with Gasteiger partial charge in [0.1, 0.15) is 5.82 Å². The molecule has 1 aromatic carbocycles. The van der Waals surface area contributed by atoms with Crippen LogP contribution in [0.4, 0.5) is 4.39 Å². The van der Waals surface area contributed by atoms with Crippen molar-refractivity contribution in [2.75, 3.05) is 12.0 Å². The molecule has 1 rings (SSSR count). The first kappa shape index (κ1) is 18.2. The van der Waals surface area contributed by atoms with E-state index in [0.29, 0.717) is 0 Å². The molecule has 0 aliphatic rings. The van der Waals surface area contributed by atoms with Gasteiger partial charge < -0.3 is 5.32 Å². The Bertz CT molecular complexity index is 694. The van der Waals surface area contributed by atoms with Crippen molar-refractivity contribution < 1.29 is 21.8 Å². The summed E-state index contributed by atoms with van der Waals surface area (Å²) in [5, 5.41) is 7.48. The molecule has 6 nitrogen and oxygen atoms in total. The first-order valence-electron chi connectivity index (χ1n) is 5.65. The highest BCUT2D eigenvalue weighted by molar-refractivity contribution is 9.10. The lowest BCUT2D eigenvalue weighted by atomic mass is 10.2. The number of primary sulfonamides is 1. The van der Waals surface area contributed by atoms with E-state index in [9.17, 15) is 21.8 Å². The summed E-state index contributed by atoms with van der Waals surface area (Å²) >= 11 is 2.95. The largest absolute Gasteiger partial charge is 0.349 e. The van der Waals surface area contributed by atoms with Gasteiger partial charge in [-0.05, 0) is 35.0 Å². The molecule has 2 atom stereocenters. The second-order valence-corrected chi connectivity index (χ2v) is 8.23. The quantitative estimate of drug-likeness (QED) is 0.759. The minimum atomic E-state index is -4.17. The summed E-state index contributed by atoms with van der Waals surface area (Å²) in [6, 6.07) is 1.20. The van der Waals surface area contributed by atoms with Crippen LogP contribution in [0.15, 0.2) is 21.5 Å². The smallest absolute Gasteiger partial charge is 0.252 e. The predicted molar refractivity (Wildman–Crippen MR) is 81.3 cm³/mol. The third-order valence-corrected chi connectivity index (χ3v) is 5.44. The third-order valence-electron chi connectivity index (χ3n) is 2.42. The van der Waals surface area contributed by atoms with E-state index in [1.165, 1.54) is 6.26 Å². The molecule has 0 spiro atoms. The summed E-state index contributed by atoms with van der Waals surface area (Å²) in [6.07, 6.45) is 1.49. The molecule has 0 aliphatic carbocycles. The van der Waals surface area contributed by atoms with Gasteiger partial charge in [-0.3, -0.25) is 9.00 Å². The molecule has 118 valence electrons. The summed E-state index contributed by atoms with van der Waals surface area (Å²) in [6.45, 7) is 1.63. The fourth-order valence-corrected chi connectivity index (χ4v) is 4.14. The average Bonchev–Trinajstić information content (AvgIpc) is 2.28. The Balaban J connectivity index is 3.17. The molecule has 0 aromatic heterocycles. The van der Waals surface area contributed by atoms with E-state index in [2.05, 4.69) is 21.2 Å². The van der Waals surface area contributed by atoms with Gasteiger partial charge in [-0.1, -0.05) is 0 Å². The van der Waals surface area contributed by atoms with Crippen molar-refractivity contribution >= 4 is 42.7 Å². The van der Waals surface area contributed by atoms with E-state index >= 15 is 0 Å². The summed E-state index contributed by atoms with van der Waals surface area (Å²) in [5.74, 6) is -1.37. The Morgan fingerprint density at radius 3 is 2.57 bits per heavy atom. The highest BCUT2D eigenvalue weighted by Gasteiger charge is 2.22. The number of rotatable bonds is 5. The monoisotopic (exact) mass is 400 g/mol. The molecule has 10 heteroatoms. The number of carbonyl (C=O) groups is 1. The summed E-state index contributed by atoms with van der Waals surface area (Å²) in [7, 11) is -5.29. The van der Waals surface area contributed by atoms with E-state index in [1.807, 2.05) is 0 Å². The third kappa shape index (κ3) is 5.13. The number of hydrogen-bond donors (Lipinski definition) is 2. The van der Waals surface area contributed by atoms with Gasteiger partial charge in [0.25, 0.3) is 5.91 Å². The number of nitrogens with two attached hydrogens (primary N) is 1. The van der Waals surface area contributed by atoms with Crippen LogP contribution >= 0.6 is 15.9 Å². The minimum Gasteiger partial charge on any atom is -0.349 e. The number of nitrogens with one attached hydrogen (secondary N) is 1. The normalized spacial score (nSPS) is 14.5. The SMILES string of the molecule is CC(CS(C)=O)NC(=O)c1cc(F)cc(S(N)(=O)=O)c1Br. The Morgan fingerprint density at radius 1 is 1.52 bits per heavy atom. The Labute approximate surface area is 132 Å². The topological polar surface area (TPSA) is 106 Å². The van der Waals surface area contributed by atoms with Gasteiger partial charge in [-0.2, -0.15) is 0 Å². The zero-order valence-electron chi connectivity index (χ0n) is 11.2. The fourth-order valence-electron chi connectivity index (χ4n) is 1.63. The van der Waals surface area contributed by atoms with Crippen molar-refractivity contribution in [3.63, 3.8) is 0 Å². The predicted octanol–water partition coefficient (Wildman–Crippen LogP) is 0.732. The Kier molecular flexibility index (Phi) is 6.02. The van der Waals surface area contributed by atoms with E-state index in [-0.39, 0.29) is 15.8 Å². The van der Waals surface area contributed by atoms with Gasteiger partial charge in [-0.25, -0.2) is 17.9 Å². The highest BCUT2D eigenvalue weighted by atomic mass is 79.9. The number of hydrogen-bond acceptors (Lipinski definition) is 4. The molecular weight excluding hydrogens is 387 g/mol. The maximum Gasteiger partial charge on any atom is 0.252 e. The highest BCUT2D eigenvalue weighted by Crippen LogP contribution is 2.26. The van der Waals surface area contributed by atoms with Crippen LogP contribution in [0, 0.1) is 5.82 Å². The summed E-state index contributed by atoms with van der Waals surface area (Å²) in [5.41, 5.74) is -0.201. The van der Waals surface area contributed by atoms with Gasteiger partial charge in [0, 0.05) is 28.9 Å². The van der Waals surface area contributed by atoms with Crippen LogP contribution in [0.5, 0.6) is 0 Å². The van der Waals surface area contributed by atoms with Crippen LogP contribution < -0.4 is 10.5 Å². The molecule has 0 aliphatic heterocycles. The molecule has 0 radical (unpaired) electrons. The van der Waals surface area contributed by atoms with Crippen molar-refractivity contribution in [2.45, 2.75) is 17.9 Å². The molecule has 1 aromatic rings. The van der Waals surface area contributed by atoms with Crippen molar-refractivity contribution in [3.8, 4) is 0 Å². The number of halogens is 2. The molecular formula is C11H14BrFN2O4S2. The lowest BCUT2D eigenvalue weighted by molar-refractivity contribution is 0.0942. The summed E-state index contributed by atoms with van der Waals surface area (Å²) < 4.78 is 47.1. The van der Waals surface area contributed by atoms with Crippen molar-refractivity contribution in [3.05, 3.63) is 28.0 Å². The van der Waals surface area contributed by atoms with E-state index < -0.39 is 43.5 Å². The van der Waals surface area contributed by atoms with E-state index in [0.717, 1.165) is 12.1 Å². The molecule has 0 saturated heterocycles. The maximum absolute atomic E-state index is 13.5. The number of amides is 1. The zero-order valence-corrected chi connectivity index (χ0v) is 14.4. The number of benzene rings is 1. The van der Waals surface area contributed by atoms with Gasteiger partial charge in [0.05, 0.1) is 14.9 Å². The van der Waals surface area contributed by atoms with Gasteiger partial charge >= 0.3 is 0 Å². The standard InChI is InChI=1S/C11H14BrFN2O4S2/c1-6(5-20(2)17)15-11(16)8-3-7(13)4-9(10(8)12)21(14,18)19/h3-4,6H,5H2,1-2H3,(H,15,16)(H2,14,18,19). The molecule has 3 N–H and O–H groups in total. The minimum absolute atomic E-state index is 0.117. The number of carbonyl (C=O) groups excluding carboxylic acids is 1. The van der Waals surface area contributed by atoms with Crippen LogP contribution in [0.2, 0.25) is 0 Å². The van der Waals surface area contributed by atoms with Crippen LogP contribution in [-0.2, 0) is 20.8 Å². The van der Waals surface area contributed by atoms with Gasteiger partial charge in [0.2, 0.25) is 10.0 Å². The van der Waals surface area contributed by atoms with Crippen molar-refractivity contribution in [1.82, 2.24) is 5.32 Å². The Morgan fingerprint density at radius 2 is 2.10 bits per heavy atom. The second-order valence-electron chi connectivity index (χ2n) is 4.42. The molecule has 0 saturated carbocycles. The maximum atomic E-state index is 13.5. The lowest BCUT2D eigenvalue weighted by Gasteiger charge is -2.14. The molecule has 0 bridgehead atoms. The fraction of sp³-hybridized carbons (Fsp3) is 0.364. The first-order valence-corrected chi connectivity index (χ1v) is 9.71. The average molecular weight is 401 g/mol. The molecule has 0 fully saturated rings. The zero-order chi connectivity index (χ0) is 16.4. The van der Waals surface area contributed by atoms with Crippen LogP contribution in [-0.4, -0.2) is 36.6 Å². The molecule has 0 heterocycles. The lowest BCUT2D eigenvalue weighted by Crippen LogP contribution is -2.36. The van der Waals surface area contributed by atoms with Gasteiger partial charge in [0.15, 0.2) is 0 Å². The molecule has 21 heavy (non-hydrogen) atoms.